The fourth-order valence-electron chi connectivity index (χ4n) is 3.84. The topological polar surface area (TPSA) is 66.5 Å². The van der Waals surface area contributed by atoms with Crippen LogP contribution < -0.4 is 5.32 Å². The van der Waals surface area contributed by atoms with E-state index in [-0.39, 0.29) is 17.7 Å². The van der Waals surface area contributed by atoms with E-state index in [1.54, 1.807) is 28.6 Å². The van der Waals surface area contributed by atoms with Crippen molar-refractivity contribution in [2.45, 2.75) is 58.2 Å². The van der Waals surface area contributed by atoms with Gasteiger partial charge in [0.15, 0.2) is 0 Å². The lowest BCUT2D eigenvalue weighted by Crippen LogP contribution is -2.36. The van der Waals surface area contributed by atoms with Crippen LogP contribution in [0.5, 0.6) is 0 Å². The lowest BCUT2D eigenvalue weighted by Gasteiger charge is -2.25. The molecule has 0 saturated carbocycles. The van der Waals surface area contributed by atoms with E-state index in [0.717, 1.165) is 31.2 Å². The fraction of sp³-hybridized carbons (Fsp3) is 0.458. The first-order valence-electron chi connectivity index (χ1n) is 10.7. The quantitative estimate of drug-likeness (QED) is 0.706. The van der Waals surface area contributed by atoms with Crippen LogP contribution in [0.4, 0.5) is 0 Å². The number of nitrogens with zero attached hydrogens (tertiary/aromatic N) is 1. The van der Waals surface area contributed by atoms with Crippen LogP contribution in [0.15, 0.2) is 42.5 Å². The number of hydrogen-bond donors (Lipinski definition) is 1. The van der Waals surface area contributed by atoms with Crippen LogP contribution in [-0.2, 0) is 15.8 Å². The Morgan fingerprint density at radius 2 is 1.67 bits per heavy atom. The highest BCUT2D eigenvalue weighted by atomic mass is 32.2. The van der Waals surface area contributed by atoms with E-state index in [4.69, 9.17) is 0 Å². The van der Waals surface area contributed by atoms with Gasteiger partial charge in [0, 0.05) is 18.7 Å². The lowest BCUT2D eigenvalue weighted by atomic mass is 9.99. The highest BCUT2D eigenvalue weighted by molar-refractivity contribution is 7.88. The molecule has 1 atom stereocenters. The monoisotopic (exact) mass is 428 g/mol. The molecule has 1 fully saturated rings. The second-order valence-electron chi connectivity index (χ2n) is 8.19. The molecular formula is C24H32N2O3S. The molecule has 2 aromatic rings. The number of rotatable bonds is 7. The maximum Gasteiger partial charge on any atom is 0.251 e. The molecule has 1 amide bonds. The first-order valence-corrected chi connectivity index (χ1v) is 12.4. The van der Waals surface area contributed by atoms with Crippen molar-refractivity contribution in [1.29, 1.82) is 0 Å². The van der Waals surface area contributed by atoms with Gasteiger partial charge in [0.25, 0.3) is 5.91 Å². The molecule has 3 rings (SSSR count). The maximum absolute atomic E-state index is 12.7. The Bertz CT molecular complexity index is 978. The smallest absolute Gasteiger partial charge is 0.251 e. The molecule has 0 unspecified atom stereocenters. The third-order valence-electron chi connectivity index (χ3n) is 5.92. The SMILES string of the molecule is CC[C@H](NC(=O)c1ccc(CS(=O)(=O)N2CCCCC2)cc1)c1ccc(C)c(C)c1. The molecule has 1 heterocycles. The van der Waals surface area contributed by atoms with Crippen molar-refractivity contribution in [1.82, 2.24) is 9.62 Å². The van der Waals surface area contributed by atoms with Crippen LogP contribution in [0.3, 0.4) is 0 Å². The molecule has 162 valence electrons. The lowest BCUT2D eigenvalue weighted by molar-refractivity contribution is 0.0935. The summed E-state index contributed by atoms with van der Waals surface area (Å²) in [6.45, 7) is 7.42. The van der Waals surface area contributed by atoms with Gasteiger partial charge in [-0.05, 0) is 67.5 Å². The van der Waals surface area contributed by atoms with E-state index in [1.807, 2.05) is 0 Å². The van der Waals surface area contributed by atoms with E-state index in [9.17, 15) is 13.2 Å². The molecule has 6 heteroatoms. The molecule has 1 N–H and O–H groups in total. The molecule has 1 saturated heterocycles. The highest BCUT2D eigenvalue weighted by Crippen LogP contribution is 2.21. The van der Waals surface area contributed by atoms with Crippen molar-refractivity contribution < 1.29 is 13.2 Å². The summed E-state index contributed by atoms with van der Waals surface area (Å²) in [6.07, 6.45) is 3.74. The minimum atomic E-state index is -3.30. The standard InChI is InChI=1S/C24H32N2O3S/c1-4-23(22-11-8-18(2)19(3)16-22)25-24(27)21-12-9-20(10-13-21)17-30(28,29)26-14-6-5-7-15-26/h8-13,16,23H,4-7,14-15,17H2,1-3H3,(H,25,27)/t23-/m0/s1. The van der Waals surface area contributed by atoms with Crippen molar-refractivity contribution >= 4 is 15.9 Å². The molecule has 1 aliphatic rings. The molecule has 0 aliphatic carbocycles. The predicted molar refractivity (Wildman–Crippen MR) is 121 cm³/mol. The summed E-state index contributed by atoms with van der Waals surface area (Å²) in [5.41, 5.74) is 4.78. The molecular weight excluding hydrogens is 396 g/mol. The number of hydrogen-bond acceptors (Lipinski definition) is 3. The van der Waals surface area contributed by atoms with Crippen LogP contribution in [0.25, 0.3) is 0 Å². The average Bonchev–Trinajstić information content (AvgIpc) is 2.75. The average molecular weight is 429 g/mol. The third-order valence-corrected chi connectivity index (χ3v) is 7.77. The summed E-state index contributed by atoms with van der Waals surface area (Å²) < 4.78 is 26.8. The summed E-state index contributed by atoms with van der Waals surface area (Å²) in [7, 11) is -3.30. The van der Waals surface area contributed by atoms with Crippen molar-refractivity contribution in [2.24, 2.45) is 0 Å². The van der Waals surface area contributed by atoms with Gasteiger partial charge in [0.1, 0.15) is 0 Å². The molecule has 1 aliphatic heterocycles. The van der Waals surface area contributed by atoms with Gasteiger partial charge >= 0.3 is 0 Å². The van der Waals surface area contributed by atoms with Crippen molar-refractivity contribution in [2.75, 3.05) is 13.1 Å². The summed E-state index contributed by atoms with van der Waals surface area (Å²) in [5, 5.41) is 3.10. The third kappa shape index (κ3) is 5.49. The van der Waals surface area contributed by atoms with Gasteiger partial charge in [-0.2, -0.15) is 0 Å². The predicted octanol–water partition coefficient (Wildman–Crippen LogP) is 4.50. The molecule has 5 nitrogen and oxygen atoms in total. The summed E-state index contributed by atoms with van der Waals surface area (Å²) in [6, 6.07) is 13.1. The second-order valence-corrected chi connectivity index (χ2v) is 10.2. The molecule has 0 radical (unpaired) electrons. The molecule has 30 heavy (non-hydrogen) atoms. The van der Waals surface area contributed by atoms with Crippen LogP contribution in [0.2, 0.25) is 0 Å². The minimum absolute atomic E-state index is 0.0187. The highest BCUT2D eigenvalue weighted by Gasteiger charge is 2.24. The zero-order valence-electron chi connectivity index (χ0n) is 18.1. The Morgan fingerprint density at radius 3 is 2.27 bits per heavy atom. The normalized spacial score (nSPS) is 16.2. The van der Waals surface area contributed by atoms with E-state index in [0.29, 0.717) is 24.2 Å². The van der Waals surface area contributed by atoms with Crippen LogP contribution in [0, 0.1) is 13.8 Å². The van der Waals surface area contributed by atoms with Gasteiger partial charge in [0.2, 0.25) is 10.0 Å². The maximum atomic E-state index is 12.7. The zero-order chi connectivity index (χ0) is 21.7. The van der Waals surface area contributed by atoms with Gasteiger partial charge < -0.3 is 5.32 Å². The zero-order valence-corrected chi connectivity index (χ0v) is 19.0. The van der Waals surface area contributed by atoms with Crippen LogP contribution in [0.1, 0.15) is 71.3 Å². The molecule has 0 spiro atoms. The Kier molecular flexibility index (Phi) is 7.32. The van der Waals surface area contributed by atoms with E-state index >= 15 is 0 Å². The Morgan fingerprint density at radius 1 is 1.00 bits per heavy atom. The van der Waals surface area contributed by atoms with Gasteiger partial charge in [-0.25, -0.2) is 12.7 Å². The van der Waals surface area contributed by atoms with Gasteiger partial charge in [0.05, 0.1) is 11.8 Å². The largest absolute Gasteiger partial charge is 0.345 e. The number of sulfonamides is 1. The van der Waals surface area contributed by atoms with Crippen molar-refractivity contribution in [3.8, 4) is 0 Å². The first kappa shape index (κ1) is 22.5. The number of benzene rings is 2. The Balaban J connectivity index is 1.66. The fourth-order valence-corrected chi connectivity index (χ4v) is 5.45. The van der Waals surface area contributed by atoms with Gasteiger partial charge in [-0.15, -0.1) is 0 Å². The number of carbonyl (C=O) groups is 1. The molecule has 0 bridgehead atoms. The second kappa shape index (κ2) is 9.75. The summed E-state index contributed by atoms with van der Waals surface area (Å²) >= 11 is 0. The van der Waals surface area contributed by atoms with Crippen LogP contribution in [-0.4, -0.2) is 31.7 Å². The number of amides is 1. The van der Waals surface area contributed by atoms with E-state index < -0.39 is 10.0 Å². The molecule has 0 aromatic heterocycles. The number of nitrogens with one attached hydrogen (secondary N) is 1. The summed E-state index contributed by atoms with van der Waals surface area (Å²) in [4.78, 5) is 12.7. The Hall–Kier alpha value is -2.18. The van der Waals surface area contributed by atoms with Crippen LogP contribution >= 0.6 is 0 Å². The first-order chi connectivity index (χ1) is 14.3. The van der Waals surface area contributed by atoms with Crippen molar-refractivity contribution in [3.63, 3.8) is 0 Å². The van der Waals surface area contributed by atoms with E-state index in [1.165, 1.54) is 11.1 Å². The number of aryl methyl sites for hydroxylation is 2. The van der Waals surface area contributed by atoms with Gasteiger partial charge in [-0.3, -0.25) is 4.79 Å². The summed E-state index contributed by atoms with van der Waals surface area (Å²) in [5.74, 6) is -0.166. The van der Waals surface area contributed by atoms with Crippen molar-refractivity contribution in [3.05, 3.63) is 70.3 Å². The Labute approximate surface area is 180 Å². The number of piperidine rings is 1. The molecule has 2 aromatic carbocycles. The van der Waals surface area contributed by atoms with E-state index in [2.05, 4.69) is 44.3 Å². The van der Waals surface area contributed by atoms with Gasteiger partial charge in [-0.1, -0.05) is 43.7 Å². The number of carbonyl (C=O) groups excluding carboxylic acids is 1. The minimum Gasteiger partial charge on any atom is -0.345 e.